The second-order valence-corrected chi connectivity index (χ2v) is 6.56. The van der Waals surface area contributed by atoms with Gasteiger partial charge in [0.15, 0.2) is 5.52 Å². The zero-order valence-electron chi connectivity index (χ0n) is 17.2. The molecule has 0 unspecified atom stereocenters. The van der Waals surface area contributed by atoms with E-state index < -0.39 is 23.1 Å². The summed E-state index contributed by atoms with van der Waals surface area (Å²) in [6, 6.07) is 10.0. The normalized spacial score (nSPS) is 10.6. The lowest BCUT2D eigenvalue weighted by Crippen LogP contribution is -2.43. The molecule has 1 aromatic carbocycles. The van der Waals surface area contributed by atoms with Gasteiger partial charge in [-0.3, -0.25) is 23.5 Å². The largest absolute Gasteiger partial charge is 0.497 e. The lowest BCUT2D eigenvalue weighted by atomic mass is 10.2. The Kier molecular flexibility index (Phi) is 6.81. The maximum absolute atomic E-state index is 13.1. The van der Waals surface area contributed by atoms with Crippen molar-refractivity contribution in [3.05, 3.63) is 69.0 Å². The Bertz CT molecular complexity index is 1210. The molecule has 3 rings (SSSR count). The van der Waals surface area contributed by atoms with Crippen LogP contribution in [0.15, 0.2) is 52.2 Å². The number of esters is 1. The SMILES string of the molecule is CCOC(=O)CNC(=O)Cn1c(=O)n(Cc2ccc(OC)cc2)c(=O)c2ncccc21. The Morgan fingerprint density at radius 2 is 1.84 bits per heavy atom. The average molecular weight is 426 g/mol. The molecule has 10 heteroatoms. The van der Waals surface area contributed by atoms with Gasteiger partial charge < -0.3 is 14.8 Å². The Morgan fingerprint density at radius 1 is 1.10 bits per heavy atom. The number of hydrogen-bond acceptors (Lipinski definition) is 7. The number of methoxy groups -OCH3 is 1. The van der Waals surface area contributed by atoms with Crippen molar-refractivity contribution < 1.29 is 19.1 Å². The Balaban J connectivity index is 1.96. The van der Waals surface area contributed by atoms with Gasteiger partial charge in [0.25, 0.3) is 5.56 Å². The van der Waals surface area contributed by atoms with E-state index in [0.717, 1.165) is 9.13 Å². The zero-order valence-corrected chi connectivity index (χ0v) is 17.2. The highest BCUT2D eigenvalue weighted by atomic mass is 16.5. The number of nitrogens with zero attached hydrogens (tertiary/aromatic N) is 3. The van der Waals surface area contributed by atoms with Crippen LogP contribution in [-0.2, 0) is 27.4 Å². The number of pyridine rings is 1. The van der Waals surface area contributed by atoms with Crippen molar-refractivity contribution in [2.75, 3.05) is 20.3 Å². The third kappa shape index (κ3) is 4.97. The summed E-state index contributed by atoms with van der Waals surface area (Å²) in [6.07, 6.45) is 1.44. The van der Waals surface area contributed by atoms with Gasteiger partial charge in [0.2, 0.25) is 5.91 Å². The molecular formula is C21H22N4O6. The first-order valence-corrected chi connectivity index (χ1v) is 9.58. The van der Waals surface area contributed by atoms with Gasteiger partial charge in [-0.25, -0.2) is 9.78 Å². The molecule has 162 valence electrons. The van der Waals surface area contributed by atoms with Crippen LogP contribution in [0.25, 0.3) is 11.0 Å². The second kappa shape index (κ2) is 9.70. The molecule has 31 heavy (non-hydrogen) atoms. The topological polar surface area (TPSA) is 122 Å². The van der Waals surface area contributed by atoms with E-state index in [9.17, 15) is 19.2 Å². The van der Waals surface area contributed by atoms with Gasteiger partial charge >= 0.3 is 11.7 Å². The molecule has 0 aliphatic heterocycles. The van der Waals surface area contributed by atoms with Crippen molar-refractivity contribution in [1.29, 1.82) is 0 Å². The van der Waals surface area contributed by atoms with Gasteiger partial charge in [0, 0.05) is 6.20 Å². The molecule has 0 saturated heterocycles. The van der Waals surface area contributed by atoms with Crippen LogP contribution in [-0.4, -0.2) is 46.3 Å². The predicted molar refractivity (Wildman–Crippen MR) is 112 cm³/mol. The number of nitrogens with one attached hydrogen (secondary N) is 1. The van der Waals surface area contributed by atoms with E-state index in [2.05, 4.69) is 10.3 Å². The number of aromatic nitrogens is 3. The Hall–Kier alpha value is -3.95. The van der Waals surface area contributed by atoms with Crippen molar-refractivity contribution in [3.63, 3.8) is 0 Å². The summed E-state index contributed by atoms with van der Waals surface area (Å²) < 4.78 is 12.1. The van der Waals surface area contributed by atoms with Crippen molar-refractivity contribution in [2.45, 2.75) is 20.0 Å². The molecule has 1 amide bonds. The minimum Gasteiger partial charge on any atom is -0.497 e. The van der Waals surface area contributed by atoms with Crippen LogP contribution in [0.2, 0.25) is 0 Å². The maximum atomic E-state index is 13.1. The molecule has 1 N–H and O–H groups in total. The fourth-order valence-electron chi connectivity index (χ4n) is 3.03. The number of fused-ring (bicyclic) bond motifs is 1. The molecule has 0 fully saturated rings. The first kappa shape index (κ1) is 21.8. The second-order valence-electron chi connectivity index (χ2n) is 6.56. The lowest BCUT2D eigenvalue weighted by molar-refractivity contribution is -0.143. The highest BCUT2D eigenvalue weighted by Crippen LogP contribution is 2.12. The fraction of sp³-hybridized carbons (Fsp3) is 0.286. The van der Waals surface area contributed by atoms with Crippen molar-refractivity contribution in [2.24, 2.45) is 0 Å². The van der Waals surface area contributed by atoms with E-state index in [0.29, 0.717) is 11.3 Å². The third-order valence-corrected chi connectivity index (χ3v) is 4.52. The molecule has 0 aliphatic rings. The van der Waals surface area contributed by atoms with E-state index in [1.54, 1.807) is 50.4 Å². The first-order chi connectivity index (χ1) is 14.9. The molecule has 10 nitrogen and oxygen atoms in total. The van der Waals surface area contributed by atoms with Crippen LogP contribution in [0.5, 0.6) is 5.75 Å². The first-order valence-electron chi connectivity index (χ1n) is 9.58. The number of carbonyl (C=O) groups is 2. The fourth-order valence-corrected chi connectivity index (χ4v) is 3.03. The Labute approximate surface area is 177 Å². The lowest BCUT2D eigenvalue weighted by Gasteiger charge is -2.14. The molecule has 0 radical (unpaired) electrons. The number of ether oxygens (including phenoxy) is 2. The van der Waals surface area contributed by atoms with Crippen LogP contribution in [0, 0.1) is 0 Å². The van der Waals surface area contributed by atoms with Crippen molar-refractivity contribution >= 4 is 22.9 Å². The summed E-state index contributed by atoms with van der Waals surface area (Å²) in [7, 11) is 1.54. The standard InChI is InChI=1S/C21H22N4O6/c1-3-31-18(27)11-23-17(26)13-24-16-5-4-10-22-19(16)20(28)25(21(24)29)12-14-6-8-15(30-2)9-7-14/h4-10H,3,11-13H2,1-2H3,(H,23,26). The number of rotatable bonds is 8. The smallest absolute Gasteiger partial charge is 0.332 e. The van der Waals surface area contributed by atoms with Gasteiger partial charge in [-0.2, -0.15) is 0 Å². The highest BCUT2D eigenvalue weighted by Gasteiger charge is 2.17. The molecule has 0 bridgehead atoms. The number of hydrogen-bond donors (Lipinski definition) is 1. The summed E-state index contributed by atoms with van der Waals surface area (Å²) in [5.41, 5.74) is -0.218. The quantitative estimate of drug-likeness (QED) is 0.514. The van der Waals surface area contributed by atoms with E-state index >= 15 is 0 Å². The van der Waals surface area contributed by atoms with Gasteiger partial charge in [-0.15, -0.1) is 0 Å². The van der Waals surface area contributed by atoms with E-state index in [-0.39, 0.29) is 37.3 Å². The van der Waals surface area contributed by atoms with E-state index in [1.807, 2.05) is 0 Å². The van der Waals surface area contributed by atoms with Crippen molar-refractivity contribution in [1.82, 2.24) is 19.4 Å². The number of carbonyl (C=O) groups excluding carboxylic acids is 2. The van der Waals surface area contributed by atoms with E-state index in [4.69, 9.17) is 9.47 Å². The summed E-state index contributed by atoms with van der Waals surface area (Å²) in [6.45, 7) is 1.15. The van der Waals surface area contributed by atoms with Gasteiger partial charge in [0.1, 0.15) is 18.8 Å². The minimum atomic E-state index is -0.660. The molecular weight excluding hydrogens is 404 g/mol. The van der Waals surface area contributed by atoms with Gasteiger partial charge in [0.05, 0.1) is 25.8 Å². The summed E-state index contributed by atoms with van der Waals surface area (Å²) >= 11 is 0. The highest BCUT2D eigenvalue weighted by molar-refractivity contribution is 5.83. The summed E-state index contributed by atoms with van der Waals surface area (Å²) in [5.74, 6) is -0.513. The van der Waals surface area contributed by atoms with Crippen LogP contribution in [0.3, 0.4) is 0 Å². The monoisotopic (exact) mass is 426 g/mol. The molecule has 2 aromatic heterocycles. The molecule has 2 heterocycles. The van der Waals surface area contributed by atoms with E-state index in [1.165, 1.54) is 6.20 Å². The molecule has 3 aromatic rings. The third-order valence-electron chi connectivity index (χ3n) is 4.52. The van der Waals surface area contributed by atoms with Crippen LogP contribution < -0.4 is 21.3 Å². The van der Waals surface area contributed by atoms with Crippen LogP contribution >= 0.6 is 0 Å². The minimum absolute atomic E-state index is 0.00137. The molecule has 0 aliphatic carbocycles. The summed E-state index contributed by atoms with van der Waals surface area (Å²) in [5, 5.41) is 2.41. The molecule has 0 saturated carbocycles. The Morgan fingerprint density at radius 3 is 2.52 bits per heavy atom. The van der Waals surface area contributed by atoms with Crippen LogP contribution in [0.1, 0.15) is 12.5 Å². The average Bonchev–Trinajstić information content (AvgIpc) is 2.78. The van der Waals surface area contributed by atoms with Crippen LogP contribution in [0.4, 0.5) is 0 Å². The zero-order chi connectivity index (χ0) is 22.4. The number of benzene rings is 1. The summed E-state index contributed by atoms with van der Waals surface area (Å²) in [4.78, 5) is 53.9. The molecule has 0 atom stereocenters. The van der Waals surface area contributed by atoms with Crippen molar-refractivity contribution in [3.8, 4) is 5.75 Å². The number of amides is 1. The van der Waals surface area contributed by atoms with Gasteiger partial charge in [-0.05, 0) is 36.8 Å². The molecule has 0 spiro atoms. The predicted octanol–water partition coefficient (Wildman–Crippen LogP) is 0.294. The van der Waals surface area contributed by atoms with Gasteiger partial charge in [-0.1, -0.05) is 12.1 Å². The maximum Gasteiger partial charge on any atom is 0.332 e.